The lowest BCUT2D eigenvalue weighted by molar-refractivity contribution is -0.0281. The Morgan fingerprint density at radius 3 is 1.95 bits per heavy atom. The largest absolute Gasteiger partial charge is 0.390 e. The van der Waals surface area contributed by atoms with Crippen molar-refractivity contribution >= 4 is 0 Å². The van der Waals surface area contributed by atoms with E-state index >= 15 is 0 Å². The highest BCUT2D eigenvalue weighted by molar-refractivity contribution is 4.88. The molecule has 0 aliphatic heterocycles. The van der Waals surface area contributed by atoms with Crippen molar-refractivity contribution in [2.45, 2.75) is 96.5 Å². The molecule has 0 heterocycles. The second-order valence-electron chi connectivity index (χ2n) is 7.38. The quantitative estimate of drug-likeness (QED) is 0.714. The molecule has 0 unspecified atom stereocenters. The van der Waals surface area contributed by atoms with Crippen LogP contribution in [0.25, 0.3) is 0 Å². The summed E-state index contributed by atoms with van der Waals surface area (Å²) in [5, 5.41) is 10.5. The fourth-order valence-corrected chi connectivity index (χ4v) is 4.72. The maximum absolute atomic E-state index is 10.5. The zero-order chi connectivity index (χ0) is 13.7. The molecule has 0 saturated heterocycles. The zero-order valence-corrected chi connectivity index (χ0v) is 13.2. The summed E-state index contributed by atoms with van der Waals surface area (Å²) < 4.78 is 0. The highest BCUT2D eigenvalue weighted by Crippen LogP contribution is 2.44. The Bertz CT molecular complexity index is 244. The molecule has 2 fully saturated rings. The van der Waals surface area contributed by atoms with Gasteiger partial charge in [-0.05, 0) is 62.7 Å². The van der Waals surface area contributed by atoms with Crippen molar-refractivity contribution < 1.29 is 5.11 Å². The van der Waals surface area contributed by atoms with Gasteiger partial charge in [-0.1, -0.05) is 46.0 Å². The highest BCUT2D eigenvalue weighted by atomic mass is 16.3. The van der Waals surface area contributed by atoms with E-state index in [2.05, 4.69) is 13.8 Å². The normalized spacial score (nSPS) is 40.3. The lowest BCUT2D eigenvalue weighted by Gasteiger charge is -2.41. The molecule has 19 heavy (non-hydrogen) atoms. The van der Waals surface area contributed by atoms with Gasteiger partial charge in [-0.25, -0.2) is 0 Å². The highest BCUT2D eigenvalue weighted by Gasteiger charge is 2.36. The maximum atomic E-state index is 10.5. The van der Waals surface area contributed by atoms with Gasteiger partial charge in [0.05, 0.1) is 5.60 Å². The molecule has 0 aromatic carbocycles. The average Bonchev–Trinajstić information content (AvgIpc) is 2.41. The molecule has 112 valence electrons. The summed E-state index contributed by atoms with van der Waals surface area (Å²) in [6.45, 7) is 4.51. The van der Waals surface area contributed by atoms with Crippen LogP contribution in [0.3, 0.4) is 0 Å². The topological polar surface area (TPSA) is 20.2 Å². The van der Waals surface area contributed by atoms with Crippen molar-refractivity contribution in [2.75, 3.05) is 0 Å². The van der Waals surface area contributed by atoms with E-state index in [0.29, 0.717) is 0 Å². The van der Waals surface area contributed by atoms with E-state index in [9.17, 15) is 5.11 Å². The predicted octanol–water partition coefficient (Wildman–Crippen LogP) is 5.31. The summed E-state index contributed by atoms with van der Waals surface area (Å²) in [5.74, 6) is 2.95. The van der Waals surface area contributed by atoms with Gasteiger partial charge >= 0.3 is 0 Å². The van der Waals surface area contributed by atoms with Gasteiger partial charge < -0.3 is 5.11 Å². The molecule has 1 heteroatoms. The molecule has 2 rings (SSSR count). The van der Waals surface area contributed by atoms with Crippen molar-refractivity contribution in [3.8, 4) is 0 Å². The third-order valence-electron chi connectivity index (χ3n) is 5.93. The molecule has 0 atom stereocenters. The lowest BCUT2D eigenvalue weighted by atomic mass is 9.67. The van der Waals surface area contributed by atoms with E-state index in [4.69, 9.17) is 0 Å². The van der Waals surface area contributed by atoms with Crippen LogP contribution in [-0.4, -0.2) is 10.7 Å². The second-order valence-corrected chi connectivity index (χ2v) is 7.38. The van der Waals surface area contributed by atoms with Crippen LogP contribution < -0.4 is 0 Å². The summed E-state index contributed by atoms with van der Waals surface area (Å²) in [6.07, 6.45) is 15.6. The Kier molecular flexibility index (Phi) is 5.74. The molecule has 0 amide bonds. The predicted molar refractivity (Wildman–Crippen MR) is 82.2 cm³/mol. The molecule has 0 aromatic rings. The summed E-state index contributed by atoms with van der Waals surface area (Å²) >= 11 is 0. The van der Waals surface area contributed by atoms with Crippen LogP contribution in [0.2, 0.25) is 0 Å². The van der Waals surface area contributed by atoms with Gasteiger partial charge in [-0.3, -0.25) is 0 Å². The fourth-order valence-electron chi connectivity index (χ4n) is 4.72. The maximum Gasteiger partial charge on any atom is 0.0648 e. The minimum absolute atomic E-state index is 0.301. The van der Waals surface area contributed by atoms with Crippen molar-refractivity contribution in [3.63, 3.8) is 0 Å². The van der Waals surface area contributed by atoms with Crippen molar-refractivity contribution in [1.82, 2.24) is 0 Å². The minimum atomic E-state index is -0.301. The molecule has 0 spiro atoms. The monoisotopic (exact) mass is 266 g/mol. The third-order valence-corrected chi connectivity index (χ3v) is 5.93. The molecule has 2 aliphatic rings. The van der Waals surface area contributed by atoms with E-state index in [0.717, 1.165) is 43.4 Å². The standard InChI is InChI=1S/C18H34O/c1-3-5-15-6-8-16(9-7-15)17-10-13-18(19,12-4-2)14-11-17/h15-17,19H,3-14H2,1-2H3. The zero-order valence-electron chi connectivity index (χ0n) is 13.2. The Morgan fingerprint density at radius 1 is 0.842 bits per heavy atom. The molecule has 2 aliphatic carbocycles. The Hall–Kier alpha value is -0.0400. The van der Waals surface area contributed by atoms with E-state index < -0.39 is 0 Å². The van der Waals surface area contributed by atoms with E-state index in [-0.39, 0.29) is 5.60 Å². The van der Waals surface area contributed by atoms with Gasteiger partial charge in [0.1, 0.15) is 0 Å². The number of hydrogen-bond donors (Lipinski definition) is 1. The van der Waals surface area contributed by atoms with Gasteiger partial charge in [-0.15, -0.1) is 0 Å². The van der Waals surface area contributed by atoms with Gasteiger partial charge in [0.15, 0.2) is 0 Å². The first kappa shape index (κ1) is 15.4. The lowest BCUT2D eigenvalue weighted by Crippen LogP contribution is -2.36. The molecular weight excluding hydrogens is 232 g/mol. The number of rotatable bonds is 5. The van der Waals surface area contributed by atoms with E-state index in [1.807, 2.05) is 0 Å². The second kappa shape index (κ2) is 7.11. The molecule has 1 nitrogen and oxygen atoms in total. The Morgan fingerprint density at radius 2 is 1.42 bits per heavy atom. The van der Waals surface area contributed by atoms with Crippen LogP contribution in [0, 0.1) is 17.8 Å². The summed E-state index contributed by atoms with van der Waals surface area (Å²) in [4.78, 5) is 0. The summed E-state index contributed by atoms with van der Waals surface area (Å²) in [6, 6.07) is 0. The van der Waals surface area contributed by atoms with E-state index in [1.54, 1.807) is 0 Å². The smallest absolute Gasteiger partial charge is 0.0648 e. The van der Waals surface area contributed by atoms with Crippen molar-refractivity contribution in [3.05, 3.63) is 0 Å². The van der Waals surface area contributed by atoms with Crippen LogP contribution in [0.4, 0.5) is 0 Å². The third kappa shape index (κ3) is 4.21. The fraction of sp³-hybridized carbons (Fsp3) is 1.00. The van der Waals surface area contributed by atoms with Gasteiger partial charge in [0, 0.05) is 0 Å². The van der Waals surface area contributed by atoms with Gasteiger partial charge in [0.25, 0.3) is 0 Å². The Balaban J connectivity index is 1.73. The molecule has 0 radical (unpaired) electrons. The molecular formula is C18H34O. The van der Waals surface area contributed by atoms with Gasteiger partial charge in [0.2, 0.25) is 0 Å². The number of hydrogen-bond acceptors (Lipinski definition) is 1. The summed E-state index contributed by atoms with van der Waals surface area (Å²) in [5.41, 5.74) is -0.301. The first-order valence-electron chi connectivity index (χ1n) is 8.89. The first-order valence-corrected chi connectivity index (χ1v) is 8.89. The number of aliphatic hydroxyl groups is 1. The van der Waals surface area contributed by atoms with Crippen LogP contribution in [0.5, 0.6) is 0 Å². The van der Waals surface area contributed by atoms with Crippen LogP contribution in [-0.2, 0) is 0 Å². The minimum Gasteiger partial charge on any atom is -0.390 e. The van der Waals surface area contributed by atoms with Crippen LogP contribution in [0.15, 0.2) is 0 Å². The first-order chi connectivity index (χ1) is 9.17. The Labute approximate surface area is 120 Å². The van der Waals surface area contributed by atoms with Crippen LogP contribution in [0.1, 0.15) is 90.9 Å². The molecule has 0 aromatic heterocycles. The molecule has 0 bridgehead atoms. The van der Waals surface area contributed by atoms with Crippen molar-refractivity contribution in [1.29, 1.82) is 0 Å². The van der Waals surface area contributed by atoms with Crippen molar-refractivity contribution in [2.24, 2.45) is 17.8 Å². The van der Waals surface area contributed by atoms with E-state index in [1.165, 1.54) is 51.4 Å². The molecule has 1 N–H and O–H groups in total. The SMILES string of the molecule is CCCC1CCC(C2CCC(O)(CCC)CC2)CC1. The summed E-state index contributed by atoms with van der Waals surface area (Å²) in [7, 11) is 0. The van der Waals surface area contributed by atoms with Crippen LogP contribution >= 0.6 is 0 Å². The average molecular weight is 266 g/mol. The molecule has 2 saturated carbocycles. The van der Waals surface area contributed by atoms with Gasteiger partial charge in [-0.2, -0.15) is 0 Å².